The van der Waals surface area contributed by atoms with Gasteiger partial charge in [0.05, 0.1) is 19.9 Å². The average molecular weight is 474 g/mol. The van der Waals surface area contributed by atoms with Crippen molar-refractivity contribution in [3.05, 3.63) is 101 Å². The second-order valence-electron chi connectivity index (χ2n) is 7.65. The molecule has 34 heavy (non-hydrogen) atoms. The molecule has 0 spiro atoms. The van der Waals surface area contributed by atoms with Crippen LogP contribution in [-0.4, -0.2) is 31.7 Å². The van der Waals surface area contributed by atoms with Gasteiger partial charge in [0.25, 0.3) is 5.91 Å². The highest BCUT2D eigenvalue weighted by Gasteiger charge is 2.16. The molecule has 4 rings (SSSR count). The van der Waals surface area contributed by atoms with Gasteiger partial charge in [-0.25, -0.2) is 4.98 Å². The van der Waals surface area contributed by atoms with Crippen LogP contribution in [0.15, 0.2) is 84.2 Å². The molecule has 0 bridgehead atoms. The van der Waals surface area contributed by atoms with Crippen LogP contribution >= 0.6 is 11.3 Å². The Labute approximate surface area is 203 Å². The topological polar surface area (TPSA) is 72.5 Å². The summed E-state index contributed by atoms with van der Waals surface area (Å²) in [4.78, 5) is 17.2. The van der Waals surface area contributed by atoms with E-state index in [-0.39, 0.29) is 11.8 Å². The van der Waals surface area contributed by atoms with E-state index in [0.717, 1.165) is 12.1 Å². The molecule has 0 radical (unpaired) electrons. The second-order valence-corrected chi connectivity index (χ2v) is 8.51. The van der Waals surface area contributed by atoms with E-state index >= 15 is 0 Å². The van der Waals surface area contributed by atoms with E-state index in [2.05, 4.69) is 39.9 Å². The number of carbonyl (C=O) groups excluding carboxylic acids is 1. The van der Waals surface area contributed by atoms with E-state index < -0.39 is 0 Å². The van der Waals surface area contributed by atoms with E-state index in [0.29, 0.717) is 28.9 Å². The number of methoxy groups -OCH3 is 2. The van der Waals surface area contributed by atoms with Crippen LogP contribution in [0.25, 0.3) is 0 Å². The number of rotatable bonds is 10. The summed E-state index contributed by atoms with van der Waals surface area (Å²) in [7, 11) is 3.20. The van der Waals surface area contributed by atoms with Gasteiger partial charge in [-0.05, 0) is 29.7 Å². The molecule has 6 nitrogen and oxygen atoms in total. The molecule has 3 aromatic carbocycles. The molecule has 0 saturated heterocycles. The number of anilines is 2. The maximum absolute atomic E-state index is 12.7. The van der Waals surface area contributed by atoms with Crippen LogP contribution in [0.3, 0.4) is 0 Å². The van der Waals surface area contributed by atoms with E-state index in [1.807, 2.05) is 48.5 Å². The lowest BCUT2D eigenvalue weighted by Crippen LogP contribution is -2.26. The van der Waals surface area contributed by atoms with Gasteiger partial charge in [0.15, 0.2) is 5.13 Å². The van der Waals surface area contributed by atoms with Crippen molar-refractivity contribution in [1.82, 2.24) is 10.3 Å². The number of benzene rings is 3. The molecule has 0 aliphatic rings. The summed E-state index contributed by atoms with van der Waals surface area (Å²) >= 11 is 1.37. The van der Waals surface area contributed by atoms with Gasteiger partial charge < -0.3 is 20.1 Å². The smallest absolute Gasteiger partial charge is 0.270 e. The molecule has 0 fully saturated rings. The molecule has 2 N–H and O–H groups in total. The van der Waals surface area contributed by atoms with Gasteiger partial charge in [0.2, 0.25) is 0 Å². The quantitative estimate of drug-likeness (QED) is 0.302. The number of aromatic nitrogens is 1. The minimum atomic E-state index is -0.189. The van der Waals surface area contributed by atoms with Crippen LogP contribution in [0.1, 0.15) is 34.0 Å². The highest BCUT2D eigenvalue weighted by Crippen LogP contribution is 2.32. The number of hydrogen-bond acceptors (Lipinski definition) is 6. The SMILES string of the molecule is COc1ccc(Nc2nc(C(=O)NCCC(c3ccccc3)c3ccccc3)cs2)c(OC)c1. The summed E-state index contributed by atoms with van der Waals surface area (Å²) in [5, 5.41) is 8.59. The predicted molar refractivity (Wildman–Crippen MR) is 137 cm³/mol. The summed E-state index contributed by atoms with van der Waals surface area (Å²) in [6.45, 7) is 0.542. The number of nitrogens with one attached hydrogen (secondary N) is 2. The van der Waals surface area contributed by atoms with Crippen LogP contribution in [0.4, 0.5) is 10.8 Å². The molecule has 1 heterocycles. The summed E-state index contributed by atoms with van der Waals surface area (Å²) in [5.74, 6) is 1.35. The minimum Gasteiger partial charge on any atom is -0.497 e. The summed E-state index contributed by atoms with van der Waals surface area (Å²) in [6, 6.07) is 26.2. The molecule has 7 heteroatoms. The Balaban J connectivity index is 1.38. The van der Waals surface area contributed by atoms with Gasteiger partial charge >= 0.3 is 0 Å². The zero-order valence-corrected chi connectivity index (χ0v) is 20.0. The summed E-state index contributed by atoms with van der Waals surface area (Å²) in [6.07, 6.45) is 0.790. The molecule has 1 amide bonds. The fourth-order valence-corrected chi connectivity index (χ4v) is 4.47. The molecule has 0 atom stereocenters. The van der Waals surface area contributed by atoms with Gasteiger partial charge in [0.1, 0.15) is 17.2 Å². The average Bonchev–Trinajstić information content (AvgIpc) is 3.36. The standard InChI is InChI=1S/C27H27N3O3S/c1-32-21-13-14-23(25(17-21)33-2)29-27-30-24(18-34-27)26(31)28-16-15-22(19-9-5-3-6-10-19)20-11-7-4-8-12-20/h3-14,17-18,22H,15-16H2,1-2H3,(H,28,31)(H,29,30). The fraction of sp³-hybridized carbons (Fsp3) is 0.185. The number of carbonyl (C=O) groups is 1. The maximum atomic E-state index is 12.7. The van der Waals surface area contributed by atoms with Crippen molar-refractivity contribution in [3.63, 3.8) is 0 Å². The van der Waals surface area contributed by atoms with Crippen LogP contribution in [0, 0.1) is 0 Å². The Hall–Kier alpha value is -3.84. The van der Waals surface area contributed by atoms with Crippen molar-refractivity contribution < 1.29 is 14.3 Å². The number of ether oxygens (including phenoxy) is 2. The first-order valence-corrected chi connectivity index (χ1v) is 11.9. The predicted octanol–water partition coefficient (Wildman–Crippen LogP) is 5.86. The van der Waals surface area contributed by atoms with E-state index in [1.54, 1.807) is 25.7 Å². The number of nitrogens with zero attached hydrogens (tertiary/aromatic N) is 1. The molecular weight excluding hydrogens is 446 g/mol. The van der Waals surface area contributed by atoms with Crippen LogP contribution in [-0.2, 0) is 0 Å². The molecule has 0 aliphatic heterocycles. The fourth-order valence-electron chi connectivity index (χ4n) is 3.77. The molecule has 0 unspecified atom stereocenters. The van der Waals surface area contributed by atoms with Crippen molar-refractivity contribution in [2.45, 2.75) is 12.3 Å². The van der Waals surface area contributed by atoms with E-state index in [9.17, 15) is 4.79 Å². The molecular formula is C27H27N3O3S. The minimum absolute atomic E-state index is 0.189. The number of thiazole rings is 1. The third kappa shape index (κ3) is 5.74. The van der Waals surface area contributed by atoms with Crippen LogP contribution in [0.2, 0.25) is 0 Å². The lowest BCUT2D eigenvalue weighted by molar-refractivity contribution is 0.0948. The van der Waals surface area contributed by atoms with Gasteiger partial charge in [-0.15, -0.1) is 11.3 Å². The van der Waals surface area contributed by atoms with Crippen LogP contribution in [0.5, 0.6) is 11.5 Å². The molecule has 1 aromatic heterocycles. The highest BCUT2D eigenvalue weighted by molar-refractivity contribution is 7.14. The van der Waals surface area contributed by atoms with Crippen molar-refractivity contribution in [2.24, 2.45) is 0 Å². The Bertz CT molecular complexity index is 1170. The van der Waals surface area contributed by atoms with Crippen molar-refractivity contribution >= 4 is 28.1 Å². The first-order valence-electron chi connectivity index (χ1n) is 11.0. The van der Waals surface area contributed by atoms with E-state index in [1.165, 1.54) is 22.5 Å². The molecule has 0 aliphatic carbocycles. The Morgan fingerprint density at radius 2 is 1.62 bits per heavy atom. The maximum Gasteiger partial charge on any atom is 0.270 e. The lowest BCUT2D eigenvalue weighted by atomic mass is 9.88. The highest BCUT2D eigenvalue weighted by atomic mass is 32.1. The monoisotopic (exact) mass is 473 g/mol. The Kier molecular flexibility index (Phi) is 7.78. The lowest BCUT2D eigenvalue weighted by Gasteiger charge is -2.18. The largest absolute Gasteiger partial charge is 0.497 e. The van der Waals surface area contributed by atoms with Crippen molar-refractivity contribution in [1.29, 1.82) is 0 Å². The summed E-state index contributed by atoms with van der Waals surface area (Å²) < 4.78 is 10.7. The summed E-state index contributed by atoms with van der Waals surface area (Å²) in [5.41, 5.74) is 3.60. The second kappa shape index (κ2) is 11.3. The molecule has 174 valence electrons. The zero-order chi connectivity index (χ0) is 23.8. The van der Waals surface area contributed by atoms with Gasteiger partial charge in [-0.3, -0.25) is 4.79 Å². The first kappa shape index (κ1) is 23.3. The van der Waals surface area contributed by atoms with Gasteiger partial charge in [-0.2, -0.15) is 0 Å². The number of hydrogen-bond donors (Lipinski definition) is 2. The normalized spacial score (nSPS) is 10.7. The number of amides is 1. The van der Waals surface area contributed by atoms with E-state index in [4.69, 9.17) is 9.47 Å². The Morgan fingerprint density at radius 1 is 0.941 bits per heavy atom. The third-order valence-corrected chi connectivity index (χ3v) is 6.27. The van der Waals surface area contributed by atoms with Crippen molar-refractivity contribution in [2.75, 3.05) is 26.1 Å². The molecule has 0 saturated carbocycles. The van der Waals surface area contributed by atoms with Gasteiger partial charge in [0, 0.05) is 23.9 Å². The Morgan fingerprint density at radius 3 is 2.24 bits per heavy atom. The van der Waals surface area contributed by atoms with Gasteiger partial charge in [-0.1, -0.05) is 60.7 Å². The first-order chi connectivity index (χ1) is 16.7. The van der Waals surface area contributed by atoms with Crippen molar-refractivity contribution in [3.8, 4) is 11.5 Å². The third-order valence-electron chi connectivity index (χ3n) is 5.51. The van der Waals surface area contributed by atoms with Crippen LogP contribution < -0.4 is 20.1 Å². The zero-order valence-electron chi connectivity index (χ0n) is 19.2. The molecule has 4 aromatic rings.